The van der Waals surface area contributed by atoms with Crippen LogP contribution in [0.15, 0.2) is 28.7 Å². The zero-order valence-electron chi connectivity index (χ0n) is 12.1. The van der Waals surface area contributed by atoms with E-state index in [1.807, 2.05) is 31.2 Å². The Bertz CT molecular complexity index is 724. The molecular weight excluding hydrogens is 332 g/mol. The van der Waals surface area contributed by atoms with E-state index in [0.717, 1.165) is 15.7 Å². The van der Waals surface area contributed by atoms with Gasteiger partial charge in [-0.05, 0) is 31.5 Å². The first-order valence-corrected chi connectivity index (χ1v) is 7.33. The van der Waals surface area contributed by atoms with E-state index in [1.54, 1.807) is 18.5 Å². The van der Waals surface area contributed by atoms with Gasteiger partial charge < -0.3 is 9.30 Å². The van der Waals surface area contributed by atoms with Gasteiger partial charge in [-0.15, -0.1) is 0 Å². The minimum absolute atomic E-state index is 0.296. The lowest BCUT2D eigenvalue weighted by molar-refractivity contribution is 0.0516. The second-order valence-corrected chi connectivity index (χ2v) is 5.50. The maximum atomic E-state index is 12.2. The van der Waals surface area contributed by atoms with Gasteiger partial charge in [0.15, 0.2) is 0 Å². The number of nitriles is 1. The van der Waals surface area contributed by atoms with Crippen LogP contribution in [0.1, 0.15) is 28.7 Å². The molecule has 0 aliphatic heterocycles. The van der Waals surface area contributed by atoms with Gasteiger partial charge in [0.25, 0.3) is 0 Å². The highest BCUT2D eigenvalue weighted by molar-refractivity contribution is 9.10. The normalized spacial score (nSPS) is 10.2. The zero-order valence-corrected chi connectivity index (χ0v) is 13.7. The number of hydrogen-bond acceptors (Lipinski definition) is 3. The fraction of sp³-hybridized carbons (Fsp3) is 0.250. The Morgan fingerprint density at radius 2 is 2.00 bits per heavy atom. The lowest BCUT2D eigenvalue weighted by atomic mass is 10.0. The predicted molar refractivity (Wildman–Crippen MR) is 84.0 cm³/mol. The van der Waals surface area contributed by atoms with Gasteiger partial charge in [-0.1, -0.05) is 28.1 Å². The average Bonchev–Trinajstić information content (AvgIpc) is 2.72. The molecule has 0 aliphatic rings. The molecule has 0 saturated heterocycles. The van der Waals surface area contributed by atoms with E-state index < -0.39 is 5.97 Å². The molecule has 0 fully saturated rings. The van der Waals surface area contributed by atoms with Gasteiger partial charge in [0.2, 0.25) is 0 Å². The first-order chi connectivity index (χ1) is 10.0. The van der Waals surface area contributed by atoms with Crippen molar-refractivity contribution in [2.24, 2.45) is 7.05 Å². The number of nitrogens with zero attached hydrogens (tertiary/aromatic N) is 2. The molecule has 0 unspecified atom stereocenters. The number of rotatable bonds is 3. The molecule has 0 spiro atoms. The van der Waals surface area contributed by atoms with Crippen molar-refractivity contribution in [2.75, 3.05) is 6.61 Å². The number of aromatic nitrogens is 1. The molecule has 2 aromatic rings. The fourth-order valence-electron chi connectivity index (χ4n) is 2.28. The molecular formula is C16H15BrN2O2. The summed E-state index contributed by atoms with van der Waals surface area (Å²) in [7, 11) is 1.77. The molecule has 0 amide bonds. The summed E-state index contributed by atoms with van der Waals surface area (Å²) in [4.78, 5) is 12.2. The number of ether oxygens (including phenoxy) is 1. The Labute approximate surface area is 132 Å². The standard InChI is InChI=1S/C16H15BrN2O2/c1-4-21-16(20)15-14(11-5-7-12(17)8-6-11)13(9-18)10(2)19(15)3/h5-8H,4H2,1-3H3. The summed E-state index contributed by atoms with van der Waals surface area (Å²) < 4.78 is 7.79. The van der Waals surface area contributed by atoms with Gasteiger partial charge in [-0.25, -0.2) is 4.79 Å². The number of benzene rings is 1. The van der Waals surface area contributed by atoms with Crippen LogP contribution in [0.3, 0.4) is 0 Å². The lowest BCUT2D eigenvalue weighted by Crippen LogP contribution is -2.11. The van der Waals surface area contributed by atoms with Gasteiger partial charge in [-0.3, -0.25) is 0 Å². The monoisotopic (exact) mass is 346 g/mol. The Morgan fingerprint density at radius 3 is 2.52 bits per heavy atom. The predicted octanol–water partition coefficient (Wildman–Crippen LogP) is 3.81. The Kier molecular flexibility index (Phi) is 4.49. The van der Waals surface area contributed by atoms with E-state index in [9.17, 15) is 10.1 Å². The molecule has 1 aromatic carbocycles. The summed E-state index contributed by atoms with van der Waals surface area (Å²) in [6.45, 7) is 3.88. The number of esters is 1. The van der Waals surface area contributed by atoms with Crippen LogP contribution in [-0.2, 0) is 11.8 Å². The third-order valence-corrected chi connectivity index (χ3v) is 3.93. The molecule has 0 aliphatic carbocycles. The minimum Gasteiger partial charge on any atom is -0.461 e. The van der Waals surface area contributed by atoms with E-state index in [0.29, 0.717) is 23.4 Å². The number of hydrogen-bond donors (Lipinski definition) is 0. The van der Waals surface area contributed by atoms with Crippen molar-refractivity contribution >= 4 is 21.9 Å². The highest BCUT2D eigenvalue weighted by atomic mass is 79.9. The summed E-state index contributed by atoms with van der Waals surface area (Å²) in [5, 5.41) is 9.44. The summed E-state index contributed by atoms with van der Waals surface area (Å²) in [6, 6.07) is 9.72. The van der Waals surface area contributed by atoms with Crippen LogP contribution in [-0.4, -0.2) is 17.1 Å². The summed E-state index contributed by atoms with van der Waals surface area (Å²) in [5.74, 6) is -0.414. The van der Waals surface area contributed by atoms with Crippen LogP contribution in [0.2, 0.25) is 0 Å². The average molecular weight is 347 g/mol. The molecule has 2 rings (SSSR count). The van der Waals surface area contributed by atoms with Crippen molar-refractivity contribution in [2.45, 2.75) is 13.8 Å². The van der Waals surface area contributed by atoms with E-state index in [4.69, 9.17) is 4.74 Å². The Balaban J connectivity index is 2.73. The second-order valence-electron chi connectivity index (χ2n) is 4.58. The first-order valence-electron chi connectivity index (χ1n) is 6.53. The van der Waals surface area contributed by atoms with Gasteiger partial charge in [0.05, 0.1) is 12.2 Å². The Hall–Kier alpha value is -2.06. The van der Waals surface area contributed by atoms with Crippen molar-refractivity contribution in [3.05, 3.63) is 45.7 Å². The maximum absolute atomic E-state index is 12.2. The van der Waals surface area contributed by atoms with Crippen molar-refractivity contribution in [3.63, 3.8) is 0 Å². The molecule has 0 bridgehead atoms. The van der Waals surface area contributed by atoms with Crippen molar-refractivity contribution in [1.82, 2.24) is 4.57 Å². The van der Waals surface area contributed by atoms with Crippen LogP contribution >= 0.6 is 15.9 Å². The van der Waals surface area contributed by atoms with Gasteiger partial charge in [-0.2, -0.15) is 5.26 Å². The number of halogens is 1. The summed E-state index contributed by atoms with van der Waals surface area (Å²) in [6.07, 6.45) is 0. The Morgan fingerprint density at radius 1 is 1.38 bits per heavy atom. The smallest absolute Gasteiger partial charge is 0.355 e. The molecule has 21 heavy (non-hydrogen) atoms. The SMILES string of the molecule is CCOC(=O)c1c(-c2ccc(Br)cc2)c(C#N)c(C)n1C. The van der Waals surface area contributed by atoms with E-state index in [1.165, 1.54) is 0 Å². The van der Waals surface area contributed by atoms with E-state index in [2.05, 4.69) is 22.0 Å². The largest absolute Gasteiger partial charge is 0.461 e. The van der Waals surface area contributed by atoms with Crippen molar-refractivity contribution in [1.29, 1.82) is 5.26 Å². The molecule has 1 aromatic heterocycles. The fourth-order valence-corrected chi connectivity index (χ4v) is 2.54. The third-order valence-electron chi connectivity index (χ3n) is 3.40. The lowest BCUT2D eigenvalue weighted by Gasteiger charge is -2.08. The van der Waals surface area contributed by atoms with Crippen LogP contribution in [0.4, 0.5) is 0 Å². The first kappa shape index (κ1) is 15.3. The summed E-state index contributed by atoms with van der Waals surface area (Å²) >= 11 is 3.38. The summed E-state index contributed by atoms with van der Waals surface area (Å²) in [5.41, 5.74) is 3.11. The van der Waals surface area contributed by atoms with E-state index in [-0.39, 0.29) is 0 Å². The van der Waals surface area contributed by atoms with Crippen LogP contribution in [0.5, 0.6) is 0 Å². The second kappa shape index (κ2) is 6.15. The van der Waals surface area contributed by atoms with Crippen molar-refractivity contribution in [3.8, 4) is 17.2 Å². The molecule has 5 heteroatoms. The van der Waals surface area contributed by atoms with Crippen LogP contribution in [0, 0.1) is 18.3 Å². The highest BCUT2D eigenvalue weighted by Crippen LogP contribution is 2.33. The molecule has 0 atom stereocenters. The molecule has 0 saturated carbocycles. The highest BCUT2D eigenvalue weighted by Gasteiger charge is 2.25. The molecule has 1 heterocycles. The minimum atomic E-state index is -0.414. The van der Waals surface area contributed by atoms with Crippen LogP contribution < -0.4 is 0 Å². The van der Waals surface area contributed by atoms with Gasteiger partial charge in [0, 0.05) is 22.8 Å². The quantitative estimate of drug-likeness (QED) is 0.794. The van der Waals surface area contributed by atoms with Gasteiger partial charge >= 0.3 is 5.97 Å². The molecule has 0 radical (unpaired) electrons. The van der Waals surface area contributed by atoms with E-state index >= 15 is 0 Å². The third kappa shape index (κ3) is 2.72. The molecule has 108 valence electrons. The van der Waals surface area contributed by atoms with Crippen LogP contribution in [0.25, 0.3) is 11.1 Å². The van der Waals surface area contributed by atoms with Gasteiger partial charge in [0.1, 0.15) is 11.8 Å². The van der Waals surface area contributed by atoms with Crippen molar-refractivity contribution < 1.29 is 9.53 Å². The zero-order chi connectivity index (χ0) is 15.6. The molecule has 0 N–H and O–H groups in total. The topological polar surface area (TPSA) is 55.0 Å². The number of carbonyl (C=O) groups excluding carboxylic acids is 1. The number of carbonyl (C=O) groups is 1. The maximum Gasteiger partial charge on any atom is 0.355 e. The molecule has 4 nitrogen and oxygen atoms in total.